The third-order valence-electron chi connectivity index (χ3n) is 3.97. The number of fused-ring (bicyclic) bond motifs is 1. The van der Waals surface area contributed by atoms with Crippen LogP contribution in [0.2, 0.25) is 0 Å². The van der Waals surface area contributed by atoms with Crippen molar-refractivity contribution in [2.75, 3.05) is 0 Å². The van der Waals surface area contributed by atoms with Gasteiger partial charge < -0.3 is 0 Å². The molecule has 92 valence electrons. The Balaban J connectivity index is 2.10. The third kappa shape index (κ3) is 2.05. The summed E-state index contributed by atoms with van der Waals surface area (Å²) in [6, 6.07) is 10.5. The van der Waals surface area contributed by atoms with Gasteiger partial charge in [0.1, 0.15) is 0 Å². The molecule has 0 fully saturated rings. The Morgan fingerprint density at radius 3 is 2.56 bits per heavy atom. The van der Waals surface area contributed by atoms with E-state index in [1.165, 1.54) is 48.8 Å². The minimum absolute atomic E-state index is 1.16. The highest BCUT2D eigenvalue weighted by molar-refractivity contribution is 5.64. The van der Waals surface area contributed by atoms with E-state index in [2.05, 4.69) is 43.5 Å². The lowest BCUT2D eigenvalue weighted by Crippen LogP contribution is -2.00. The van der Waals surface area contributed by atoms with Crippen molar-refractivity contribution in [3.63, 3.8) is 0 Å². The first kappa shape index (κ1) is 11.5. The first-order valence-electron chi connectivity index (χ1n) is 6.89. The average Bonchev–Trinajstić information content (AvgIpc) is 2.66. The maximum Gasteiger partial charge on any atom is 0.0734 e. The van der Waals surface area contributed by atoms with Gasteiger partial charge in [0.15, 0.2) is 0 Å². The second-order valence-electron chi connectivity index (χ2n) is 5.16. The lowest BCUT2D eigenvalue weighted by molar-refractivity contribution is 0.711. The zero-order valence-electron chi connectivity index (χ0n) is 10.9. The highest BCUT2D eigenvalue weighted by Gasteiger charge is 2.14. The van der Waals surface area contributed by atoms with Crippen LogP contribution in [0.1, 0.15) is 36.0 Å². The highest BCUT2D eigenvalue weighted by atomic mass is 14.7. The Morgan fingerprint density at radius 1 is 0.944 bits per heavy atom. The van der Waals surface area contributed by atoms with Gasteiger partial charge in [0, 0.05) is 11.8 Å². The molecule has 1 heterocycles. The predicted molar refractivity (Wildman–Crippen MR) is 75.7 cm³/mol. The van der Waals surface area contributed by atoms with E-state index in [0.29, 0.717) is 0 Å². The van der Waals surface area contributed by atoms with E-state index < -0.39 is 0 Å². The molecule has 0 bridgehead atoms. The van der Waals surface area contributed by atoms with Crippen molar-refractivity contribution >= 4 is 0 Å². The fraction of sp³-hybridized carbons (Fsp3) is 0.353. The van der Waals surface area contributed by atoms with Gasteiger partial charge in [-0.3, -0.25) is 4.98 Å². The number of aryl methyl sites for hydroxylation is 1. The van der Waals surface area contributed by atoms with Crippen molar-refractivity contribution in [3.8, 4) is 11.3 Å². The minimum Gasteiger partial charge on any atom is -0.256 e. The zero-order chi connectivity index (χ0) is 12.4. The normalized spacial score (nSPS) is 14.9. The van der Waals surface area contributed by atoms with E-state index in [4.69, 9.17) is 4.98 Å². The highest BCUT2D eigenvalue weighted by Crippen LogP contribution is 2.29. The largest absolute Gasteiger partial charge is 0.256 e. The number of hydrogen-bond donors (Lipinski definition) is 0. The first-order chi connectivity index (χ1) is 8.86. The van der Waals surface area contributed by atoms with E-state index in [0.717, 1.165) is 5.69 Å². The molecule has 0 saturated heterocycles. The van der Waals surface area contributed by atoms with Crippen molar-refractivity contribution < 1.29 is 0 Å². The Bertz CT molecular complexity index is 543. The molecule has 0 aliphatic heterocycles. The van der Waals surface area contributed by atoms with Crippen LogP contribution >= 0.6 is 0 Å². The molecule has 1 aromatic carbocycles. The maximum absolute atomic E-state index is 4.70. The van der Waals surface area contributed by atoms with Gasteiger partial charge in [-0.05, 0) is 49.3 Å². The van der Waals surface area contributed by atoms with Gasteiger partial charge >= 0.3 is 0 Å². The summed E-state index contributed by atoms with van der Waals surface area (Å²) in [5, 5.41) is 0. The maximum atomic E-state index is 4.70. The van der Waals surface area contributed by atoms with Crippen molar-refractivity contribution in [1.82, 2.24) is 4.98 Å². The molecule has 0 N–H and O–H groups in total. The number of rotatable bonds is 1. The molecule has 0 amide bonds. The average molecular weight is 237 g/mol. The summed E-state index contributed by atoms with van der Waals surface area (Å²) < 4.78 is 0. The Morgan fingerprint density at radius 2 is 1.72 bits per heavy atom. The van der Waals surface area contributed by atoms with Crippen LogP contribution in [0.4, 0.5) is 0 Å². The van der Waals surface area contributed by atoms with Crippen molar-refractivity contribution in [1.29, 1.82) is 0 Å². The van der Waals surface area contributed by atoms with Crippen LogP contribution in [-0.4, -0.2) is 4.98 Å². The Hall–Kier alpha value is -1.63. The van der Waals surface area contributed by atoms with E-state index in [-0.39, 0.29) is 0 Å². The van der Waals surface area contributed by atoms with Gasteiger partial charge in [-0.1, -0.05) is 36.8 Å². The molecule has 1 nitrogen and oxygen atoms in total. The molecule has 1 aliphatic rings. The standard InChI is InChI=1S/C17H19N/c1-13-16-11-7-3-6-10-15(16)12-18-17(13)14-8-4-2-5-9-14/h2,4-5,8-9,12H,3,6-7,10-11H2,1H3. The van der Waals surface area contributed by atoms with Crippen LogP contribution in [-0.2, 0) is 12.8 Å². The number of pyridine rings is 1. The molecule has 3 rings (SSSR count). The van der Waals surface area contributed by atoms with E-state index in [9.17, 15) is 0 Å². The predicted octanol–water partition coefficient (Wildman–Crippen LogP) is 4.33. The van der Waals surface area contributed by atoms with Gasteiger partial charge in [0.2, 0.25) is 0 Å². The van der Waals surface area contributed by atoms with Crippen LogP contribution in [0.5, 0.6) is 0 Å². The smallest absolute Gasteiger partial charge is 0.0734 e. The van der Waals surface area contributed by atoms with Crippen molar-refractivity contribution in [2.24, 2.45) is 0 Å². The minimum atomic E-state index is 1.16. The van der Waals surface area contributed by atoms with Gasteiger partial charge in [0.05, 0.1) is 5.69 Å². The monoisotopic (exact) mass is 237 g/mol. The van der Waals surface area contributed by atoms with E-state index in [1.807, 2.05) is 0 Å². The number of aromatic nitrogens is 1. The molecule has 0 unspecified atom stereocenters. The number of benzene rings is 1. The van der Waals surface area contributed by atoms with Crippen molar-refractivity contribution in [2.45, 2.75) is 39.0 Å². The van der Waals surface area contributed by atoms with Gasteiger partial charge in [-0.15, -0.1) is 0 Å². The third-order valence-corrected chi connectivity index (χ3v) is 3.97. The summed E-state index contributed by atoms with van der Waals surface area (Å²) >= 11 is 0. The fourth-order valence-electron chi connectivity index (χ4n) is 2.95. The Kier molecular flexibility index (Phi) is 3.14. The molecule has 0 saturated carbocycles. The van der Waals surface area contributed by atoms with Crippen LogP contribution in [0.3, 0.4) is 0 Å². The molecule has 0 spiro atoms. The summed E-state index contributed by atoms with van der Waals surface area (Å²) in [5.41, 5.74) is 6.82. The molecule has 1 heteroatoms. The lowest BCUT2D eigenvalue weighted by atomic mass is 9.96. The fourth-order valence-corrected chi connectivity index (χ4v) is 2.95. The molecule has 1 aromatic heterocycles. The number of nitrogens with zero attached hydrogens (tertiary/aromatic N) is 1. The zero-order valence-corrected chi connectivity index (χ0v) is 10.9. The van der Waals surface area contributed by atoms with Gasteiger partial charge in [-0.25, -0.2) is 0 Å². The summed E-state index contributed by atoms with van der Waals surface area (Å²) in [6.07, 6.45) is 8.54. The molecule has 1 aliphatic carbocycles. The lowest BCUT2D eigenvalue weighted by Gasteiger charge is -2.13. The van der Waals surface area contributed by atoms with Gasteiger partial charge in [-0.2, -0.15) is 0 Å². The molecule has 2 aromatic rings. The van der Waals surface area contributed by atoms with Gasteiger partial charge in [0.25, 0.3) is 0 Å². The second kappa shape index (κ2) is 4.93. The van der Waals surface area contributed by atoms with Crippen LogP contribution in [0.25, 0.3) is 11.3 Å². The first-order valence-corrected chi connectivity index (χ1v) is 6.89. The second-order valence-corrected chi connectivity index (χ2v) is 5.16. The molecule has 0 atom stereocenters. The Labute approximate surface area is 109 Å². The van der Waals surface area contributed by atoms with Crippen molar-refractivity contribution in [3.05, 3.63) is 53.2 Å². The van der Waals surface area contributed by atoms with E-state index >= 15 is 0 Å². The topological polar surface area (TPSA) is 12.9 Å². The van der Waals surface area contributed by atoms with Crippen LogP contribution in [0.15, 0.2) is 36.5 Å². The summed E-state index contributed by atoms with van der Waals surface area (Å²) in [6.45, 7) is 2.24. The number of hydrogen-bond acceptors (Lipinski definition) is 1. The SMILES string of the molecule is Cc1c(-c2ccccc2)ncc2c1CCCCC2. The summed E-state index contributed by atoms with van der Waals surface area (Å²) in [4.78, 5) is 4.70. The summed E-state index contributed by atoms with van der Waals surface area (Å²) in [7, 11) is 0. The quantitative estimate of drug-likeness (QED) is 0.673. The summed E-state index contributed by atoms with van der Waals surface area (Å²) in [5.74, 6) is 0. The van der Waals surface area contributed by atoms with Crippen LogP contribution < -0.4 is 0 Å². The molecular formula is C17H19N. The van der Waals surface area contributed by atoms with E-state index in [1.54, 1.807) is 5.56 Å². The van der Waals surface area contributed by atoms with Crippen LogP contribution in [0, 0.1) is 6.92 Å². The molecule has 0 radical (unpaired) electrons. The molecule has 18 heavy (non-hydrogen) atoms. The molecular weight excluding hydrogens is 218 g/mol.